The Morgan fingerprint density at radius 3 is 2.50 bits per heavy atom. The van der Waals surface area contributed by atoms with E-state index in [0.717, 1.165) is 0 Å². The smallest absolute Gasteiger partial charge is 0.419 e. The van der Waals surface area contributed by atoms with Crippen LogP contribution >= 0.6 is 0 Å². The molecule has 0 aliphatic heterocycles. The lowest BCUT2D eigenvalue weighted by atomic mass is 10.1. The van der Waals surface area contributed by atoms with Crippen LogP contribution in [0.4, 0.5) is 9.18 Å². The van der Waals surface area contributed by atoms with Gasteiger partial charge in [-0.2, -0.15) is 4.98 Å². The Bertz CT molecular complexity index is 1470. The van der Waals surface area contributed by atoms with Crippen molar-refractivity contribution in [2.75, 3.05) is 0 Å². The lowest BCUT2D eigenvalue weighted by Crippen LogP contribution is -2.26. The highest BCUT2D eigenvalue weighted by Gasteiger charge is 2.22. The van der Waals surface area contributed by atoms with Crippen LogP contribution in [0.1, 0.15) is 32.5 Å². The van der Waals surface area contributed by atoms with Gasteiger partial charge in [-0.1, -0.05) is 17.3 Å². The second-order valence-electron chi connectivity index (χ2n) is 8.64. The van der Waals surface area contributed by atoms with Crippen LogP contribution in [0.15, 0.2) is 58.1 Å². The molecule has 4 aromatic rings. The predicted molar refractivity (Wildman–Crippen MR) is 122 cm³/mol. The minimum absolute atomic E-state index is 0.0365. The van der Waals surface area contributed by atoms with E-state index >= 15 is 0 Å². The molecule has 178 valence electrons. The van der Waals surface area contributed by atoms with E-state index in [1.54, 1.807) is 52.1 Å². The fraction of sp³-hybridized carbons (Fsp3) is 0.261. The molecule has 0 aliphatic carbocycles. The van der Waals surface area contributed by atoms with E-state index in [1.165, 1.54) is 28.8 Å². The van der Waals surface area contributed by atoms with Crippen molar-refractivity contribution in [3.05, 3.63) is 66.2 Å². The van der Waals surface area contributed by atoms with Crippen LogP contribution in [0.25, 0.3) is 22.0 Å². The van der Waals surface area contributed by atoms with Crippen LogP contribution < -0.4 is 4.72 Å². The molecule has 2 heterocycles. The molecule has 0 unspecified atom stereocenters. The lowest BCUT2D eigenvalue weighted by molar-refractivity contribution is 0.0544. The van der Waals surface area contributed by atoms with Gasteiger partial charge >= 0.3 is 6.09 Å². The molecule has 0 atom stereocenters. The van der Waals surface area contributed by atoms with E-state index in [4.69, 9.17) is 9.26 Å². The van der Waals surface area contributed by atoms with E-state index in [1.807, 2.05) is 0 Å². The number of aromatic nitrogens is 3. The Morgan fingerprint density at radius 2 is 1.88 bits per heavy atom. The molecule has 0 saturated heterocycles. The minimum Gasteiger partial charge on any atom is -0.443 e. The summed E-state index contributed by atoms with van der Waals surface area (Å²) in [6, 6.07) is 10.2. The van der Waals surface area contributed by atoms with E-state index in [9.17, 15) is 17.6 Å². The molecule has 2 aromatic heterocycles. The van der Waals surface area contributed by atoms with Crippen LogP contribution in [-0.2, 0) is 21.3 Å². The zero-order chi connectivity index (χ0) is 24.7. The normalized spacial score (nSPS) is 12.3. The average molecular weight is 487 g/mol. The number of rotatable bonds is 5. The van der Waals surface area contributed by atoms with E-state index in [0.29, 0.717) is 27.9 Å². The van der Waals surface area contributed by atoms with Gasteiger partial charge in [0, 0.05) is 17.1 Å². The van der Waals surface area contributed by atoms with Gasteiger partial charge in [0.05, 0.1) is 17.0 Å². The number of fused-ring (bicyclic) bond motifs is 1. The number of hydrogen-bond acceptors (Lipinski definition) is 7. The van der Waals surface area contributed by atoms with Gasteiger partial charge in [-0.25, -0.2) is 22.3 Å². The number of benzene rings is 2. The SMILES string of the molecule is Cc1noc(CNS(=O)(=O)c2ccc(-c3cn(C(=O)OC(C)(C)C)c4cc(F)ccc34)cc2)n1. The topological polar surface area (TPSA) is 116 Å². The third kappa shape index (κ3) is 5.00. The largest absolute Gasteiger partial charge is 0.443 e. The van der Waals surface area contributed by atoms with Crippen molar-refractivity contribution in [3.63, 3.8) is 0 Å². The Balaban J connectivity index is 1.65. The van der Waals surface area contributed by atoms with Crippen molar-refractivity contribution >= 4 is 27.0 Å². The van der Waals surface area contributed by atoms with Crippen LogP contribution in [0.5, 0.6) is 0 Å². The molecule has 0 aliphatic rings. The van der Waals surface area contributed by atoms with Crippen LogP contribution in [0.3, 0.4) is 0 Å². The molecule has 9 nitrogen and oxygen atoms in total. The standard InChI is InChI=1S/C23H23FN4O5S/c1-14-26-21(33-27-14)12-25-34(30,31)17-8-5-15(6-9-17)19-13-28(22(29)32-23(2,3)4)20-11-16(24)7-10-18(19)20/h5-11,13,25H,12H2,1-4H3. The molecule has 0 spiro atoms. The summed E-state index contributed by atoms with van der Waals surface area (Å²) in [5, 5.41) is 4.24. The number of aryl methyl sites for hydroxylation is 1. The van der Waals surface area contributed by atoms with Crippen molar-refractivity contribution in [1.29, 1.82) is 0 Å². The summed E-state index contributed by atoms with van der Waals surface area (Å²) in [4.78, 5) is 16.7. The molecule has 4 rings (SSSR count). The summed E-state index contributed by atoms with van der Waals surface area (Å²) < 4.78 is 53.2. The van der Waals surface area contributed by atoms with E-state index in [2.05, 4.69) is 14.9 Å². The third-order valence-electron chi connectivity index (χ3n) is 4.82. The number of sulfonamides is 1. The third-order valence-corrected chi connectivity index (χ3v) is 6.23. The Labute approximate surface area is 195 Å². The van der Waals surface area contributed by atoms with Crippen molar-refractivity contribution in [1.82, 2.24) is 19.4 Å². The molecule has 0 fully saturated rings. The highest BCUT2D eigenvalue weighted by molar-refractivity contribution is 7.89. The van der Waals surface area contributed by atoms with Gasteiger partial charge in [0.25, 0.3) is 0 Å². The zero-order valence-corrected chi connectivity index (χ0v) is 19.8. The summed E-state index contributed by atoms with van der Waals surface area (Å²) in [5.74, 6) is 0.0646. The minimum atomic E-state index is -3.83. The molecule has 34 heavy (non-hydrogen) atoms. The van der Waals surface area contributed by atoms with E-state index < -0.39 is 27.5 Å². The first-order valence-electron chi connectivity index (χ1n) is 10.4. The summed E-state index contributed by atoms with van der Waals surface area (Å²) in [7, 11) is -3.83. The zero-order valence-electron chi connectivity index (χ0n) is 19.0. The van der Waals surface area contributed by atoms with Gasteiger partial charge in [-0.05, 0) is 63.6 Å². The maximum Gasteiger partial charge on any atom is 0.419 e. The molecule has 2 aromatic carbocycles. The predicted octanol–water partition coefficient (Wildman–Crippen LogP) is 4.40. The molecule has 1 N–H and O–H groups in total. The van der Waals surface area contributed by atoms with Gasteiger partial charge in [0.2, 0.25) is 15.9 Å². The van der Waals surface area contributed by atoms with Gasteiger partial charge in [-0.15, -0.1) is 0 Å². The Morgan fingerprint density at radius 1 is 1.18 bits per heavy atom. The number of hydrogen-bond donors (Lipinski definition) is 1. The summed E-state index contributed by atoms with van der Waals surface area (Å²) in [5.41, 5.74) is 0.881. The molecular weight excluding hydrogens is 463 g/mol. The number of carbonyl (C=O) groups excluding carboxylic acids is 1. The van der Waals surface area contributed by atoms with Crippen LogP contribution in [-0.4, -0.2) is 34.8 Å². The highest BCUT2D eigenvalue weighted by Crippen LogP contribution is 2.32. The van der Waals surface area contributed by atoms with Crippen LogP contribution in [0, 0.1) is 12.7 Å². The van der Waals surface area contributed by atoms with Crippen LogP contribution in [0.2, 0.25) is 0 Å². The van der Waals surface area contributed by atoms with E-state index in [-0.39, 0.29) is 17.3 Å². The fourth-order valence-corrected chi connectivity index (χ4v) is 4.33. The van der Waals surface area contributed by atoms with Crippen molar-refractivity contribution in [2.45, 2.75) is 44.7 Å². The Kier molecular flexibility index (Phi) is 6.00. The quantitative estimate of drug-likeness (QED) is 0.444. The first-order chi connectivity index (χ1) is 15.9. The maximum atomic E-state index is 14.0. The fourth-order valence-electron chi connectivity index (χ4n) is 3.36. The summed E-state index contributed by atoms with van der Waals surface area (Å²) >= 11 is 0. The molecule has 0 bridgehead atoms. The van der Waals surface area contributed by atoms with Crippen molar-refractivity contribution < 1.29 is 26.9 Å². The number of carbonyl (C=O) groups is 1. The number of halogens is 1. The number of ether oxygens (including phenoxy) is 1. The summed E-state index contributed by atoms with van der Waals surface area (Å²) in [6.07, 6.45) is 0.909. The van der Waals surface area contributed by atoms with Gasteiger partial charge in [-0.3, -0.25) is 4.57 Å². The molecule has 0 radical (unpaired) electrons. The first kappa shape index (κ1) is 23.6. The average Bonchev–Trinajstić information content (AvgIpc) is 3.34. The van der Waals surface area contributed by atoms with Gasteiger partial charge in [0.15, 0.2) is 5.82 Å². The number of nitrogens with zero attached hydrogens (tertiary/aromatic N) is 3. The maximum absolute atomic E-state index is 14.0. The van der Waals surface area contributed by atoms with Crippen molar-refractivity contribution in [3.8, 4) is 11.1 Å². The Hall–Kier alpha value is -3.57. The molecule has 11 heteroatoms. The number of nitrogens with one attached hydrogen (secondary N) is 1. The van der Waals surface area contributed by atoms with Gasteiger partial charge < -0.3 is 9.26 Å². The molecular formula is C23H23FN4O5S. The second kappa shape index (κ2) is 8.65. The van der Waals surface area contributed by atoms with Gasteiger partial charge in [0.1, 0.15) is 11.4 Å². The second-order valence-corrected chi connectivity index (χ2v) is 10.4. The van der Waals surface area contributed by atoms with Crippen molar-refractivity contribution in [2.24, 2.45) is 0 Å². The monoisotopic (exact) mass is 486 g/mol. The highest BCUT2D eigenvalue weighted by atomic mass is 32.2. The molecule has 0 amide bonds. The first-order valence-corrected chi connectivity index (χ1v) is 11.8. The summed E-state index contributed by atoms with van der Waals surface area (Å²) in [6.45, 7) is 6.72. The molecule has 0 saturated carbocycles. The lowest BCUT2D eigenvalue weighted by Gasteiger charge is -2.19.